The van der Waals surface area contributed by atoms with Gasteiger partial charge in [-0.3, -0.25) is 0 Å². The Balaban J connectivity index is 1.78. The largest absolute Gasteiger partial charge is 0.312 e. The molecule has 112 valence electrons. The van der Waals surface area contributed by atoms with Gasteiger partial charge in [0, 0.05) is 20.8 Å². The molecule has 1 N–H and O–H groups in total. The van der Waals surface area contributed by atoms with E-state index in [9.17, 15) is 0 Å². The monoisotopic (exact) mass is 319 g/mol. The minimum absolute atomic E-state index is 0.406. The van der Waals surface area contributed by atoms with Crippen molar-refractivity contribution in [2.24, 2.45) is 0 Å². The molecule has 0 saturated heterocycles. The highest BCUT2D eigenvalue weighted by Crippen LogP contribution is 2.33. The van der Waals surface area contributed by atoms with Crippen LogP contribution in [0.4, 0.5) is 0 Å². The van der Waals surface area contributed by atoms with Crippen molar-refractivity contribution in [1.82, 2.24) is 5.32 Å². The lowest BCUT2D eigenvalue weighted by Gasteiger charge is -2.14. The van der Waals surface area contributed by atoms with Gasteiger partial charge in [-0.25, -0.2) is 0 Å². The van der Waals surface area contributed by atoms with Gasteiger partial charge in [-0.2, -0.15) is 0 Å². The quantitative estimate of drug-likeness (QED) is 0.766. The van der Waals surface area contributed by atoms with E-state index in [-0.39, 0.29) is 0 Å². The third-order valence-electron chi connectivity index (χ3n) is 4.31. The van der Waals surface area contributed by atoms with Gasteiger partial charge in [0.1, 0.15) is 0 Å². The average Bonchev–Trinajstić information content (AvgIpc) is 2.77. The molecule has 1 aromatic carbocycles. The molecule has 1 aromatic heterocycles. The van der Waals surface area contributed by atoms with Crippen molar-refractivity contribution >= 4 is 22.9 Å². The molecule has 0 amide bonds. The van der Waals surface area contributed by atoms with Crippen molar-refractivity contribution in [3.05, 3.63) is 56.2 Å². The fourth-order valence-electron chi connectivity index (χ4n) is 3.06. The Morgan fingerprint density at radius 3 is 2.67 bits per heavy atom. The predicted molar refractivity (Wildman–Crippen MR) is 92.5 cm³/mol. The van der Waals surface area contributed by atoms with E-state index in [0.717, 1.165) is 11.4 Å². The lowest BCUT2D eigenvalue weighted by Crippen LogP contribution is -2.17. The number of fused-ring (bicyclic) bond motifs is 1. The maximum Gasteiger partial charge on any atom is 0.0453 e. The van der Waals surface area contributed by atoms with Gasteiger partial charge >= 0.3 is 0 Å². The molecule has 0 aliphatic heterocycles. The number of aryl methyl sites for hydroxylation is 2. The maximum absolute atomic E-state index is 5.97. The van der Waals surface area contributed by atoms with Crippen molar-refractivity contribution in [2.75, 3.05) is 7.05 Å². The van der Waals surface area contributed by atoms with Crippen molar-refractivity contribution in [3.8, 4) is 0 Å². The standard InChI is InChI=1S/C18H22ClNS/c1-20-16(11-13-7-9-15(19)10-8-13)18-12-14-5-3-2-4-6-17(14)21-18/h7-10,12,16,20H,2-6,11H2,1H3. The van der Waals surface area contributed by atoms with E-state index in [1.54, 1.807) is 10.4 Å². The van der Waals surface area contributed by atoms with Crippen LogP contribution in [0.1, 0.15) is 46.2 Å². The molecule has 0 bridgehead atoms. The number of hydrogen-bond acceptors (Lipinski definition) is 2. The molecule has 2 aromatic rings. The number of likely N-dealkylation sites (N-methyl/N-ethyl adjacent to an activating group) is 1. The molecule has 1 atom stereocenters. The molecular weight excluding hydrogens is 298 g/mol. The summed E-state index contributed by atoms with van der Waals surface area (Å²) >= 11 is 7.98. The van der Waals surface area contributed by atoms with Crippen molar-refractivity contribution in [2.45, 2.75) is 44.6 Å². The van der Waals surface area contributed by atoms with Crippen LogP contribution in [0.15, 0.2) is 30.3 Å². The van der Waals surface area contributed by atoms with E-state index < -0.39 is 0 Å². The topological polar surface area (TPSA) is 12.0 Å². The van der Waals surface area contributed by atoms with Gasteiger partial charge in [0.2, 0.25) is 0 Å². The minimum Gasteiger partial charge on any atom is -0.312 e. The zero-order valence-electron chi connectivity index (χ0n) is 12.5. The fraction of sp³-hybridized carbons (Fsp3) is 0.444. The number of thiophene rings is 1. The van der Waals surface area contributed by atoms with E-state index in [1.165, 1.54) is 42.5 Å². The first-order valence-corrected chi connectivity index (χ1v) is 8.99. The van der Waals surface area contributed by atoms with E-state index in [2.05, 4.69) is 30.6 Å². The summed E-state index contributed by atoms with van der Waals surface area (Å²) < 4.78 is 0. The summed E-state index contributed by atoms with van der Waals surface area (Å²) in [5.74, 6) is 0. The van der Waals surface area contributed by atoms with Gasteiger partial charge in [-0.15, -0.1) is 11.3 Å². The summed E-state index contributed by atoms with van der Waals surface area (Å²) in [5, 5.41) is 4.29. The van der Waals surface area contributed by atoms with Gasteiger partial charge in [-0.05, 0) is 68.5 Å². The minimum atomic E-state index is 0.406. The van der Waals surface area contributed by atoms with Crippen molar-refractivity contribution in [1.29, 1.82) is 0 Å². The molecule has 1 heterocycles. The molecule has 0 radical (unpaired) electrons. The zero-order chi connectivity index (χ0) is 14.7. The Morgan fingerprint density at radius 1 is 1.14 bits per heavy atom. The summed E-state index contributed by atoms with van der Waals surface area (Å²) in [5.41, 5.74) is 2.94. The summed E-state index contributed by atoms with van der Waals surface area (Å²) in [7, 11) is 2.06. The van der Waals surface area contributed by atoms with Gasteiger partial charge in [0.05, 0.1) is 0 Å². The van der Waals surface area contributed by atoms with E-state index in [0.29, 0.717) is 6.04 Å². The maximum atomic E-state index is 5.97. The Morgan fingerprint density at radius 2 is 1.90 bits per heavy atom. The lowest BCUT2D eigenvalue weighted by molar-refractivity contribution is 0.601. The molecule has 0 fully saturated rings. The predicted octanol–water partition coefficient (Wildman–Crippen LogP) is 5.17. The van der Waals surface area contributed by atoms with Crippen LogP contribution >= 0.6 is 22.9 Å². The van der Waals surface area contributed by atoms with E-state index in [1.807, 2.05) is 23.5 Å². The van der Waals surface area contributed by atoms with Gasteiger partial charge in [0.15, 0.2) is 0 Å². The van der Waals surface area contributed by atoms with Gasteiger partial charge in [-0.1, -0.05) is 30.2 Å². The average molecular weight is 320 g/mol. The molecular formula is C18H22ClNS. The number of nitrogens with one attached hydrogen (secondary N) is 1. The number of benzene rings is 1. The first-order valence-electron chi connectivity index (χ1n) is 7.79. The van der Waals surface area contributed by atoms with Gasteiger partial charge in [0.25, 0.3) is 0 Å². The van der Waals surface area contributed by atoms with Crippen LogP contribution in [0, 0.1) is 0 Å². The highest BCUT2D eigenvalue weighted by atomic mass is 35.5. The van der Waals surface area contributed by atoms with Gasteiger partial charge < -0.3 is 5.32 Å². The molecule has 3 rings (SSSR count). The second-order valence-electron chi connectivity index (χ2n) is 5.83. The Kier molecular flexibility index (Phi) is 4.99. The first-order chi connectivity index (χ1) is 10.3. The Hall–Kier alpha value is -0.830. The summed E-state index contributed by atoms with van der Waals surface area (Å²) in [6.45, 7) is 0. The fourth-order valence-corrected chi connectivity index (χ4v) is 4.56. The molecule has 1 nitrogen and oxygen atoms in total. The number of halogens is 1. The molecule has 3 heteroatoms. The molecule has 0 saturated carbocycles. The van der Waals surface area contributed by atoms with Crippen molar-refractivity contribution < 1.29 is 0 Å². The van der Waals surface area contributed by atoms with E-state index >= 15 is 0 Å². The Bertz CT molecular complexity index is 564. The summed E-state index contributed by atoms with van der Waals surface area (Å²) in [6, 6.07) is 11.1. The normalized spacial score (nSPS) is 16.3. The van der Waals surface area contributed by atoms with Crippen LogP contribution in [-0.2, 0) is 19.3 Å². The van der Waals surface area contributed by atoms with Crippen LogP contribution in [0.5, 0.6) is 0 Å². The molecule has 1 aliphatic carbocycles. The molecule has 1 aliphatic rings. The summed E-state index contributed by atoms with van der Waals surface area (Å²) in [6.07, 6.45) is 7.66. The highest BCUT2D eigenvalue weighted by molar-refractivity contribution is 7.12. The zero-order valence-corrected chi connectivity index (χ0v) is 14.1. The van der Waals surface area contributed by atoms with Crippen LogP contribution in [-0.4, -0.2) is 7.05 Å². The third-order valence-corrected chi connectivity index (χ3v) is 5.91. The van der Waals surface area contributed by atoms with Crippen LogP contribution in [0.3, 0.4) is 0 Å². The van der Waals surface area contributed by atoms with Crippen LogP contribution in [0.2, 0.25) is 5.02 Å². The molecule has 1 unspecified atom stereocenters. The number of hydrogen-bond donors (Lipinski definition) is 1. The van der Waals surface area contributed by atoms with E-state index in [4.69, 9.17) is 11.6 Å². The first kappa shape index (κ1) is 15.1. The number of rotatable bonds is 4. The van der Waals surface area contributed by atoms with Crippen molar-refractivity contribution in [3.63, 3.8) is 0 Å². The SMILES string of the molecule is CNC(Cc1ccc(Cl)cc1)c1cc2c(s1)CCCCC2. The smallest absolute Gasteiger partial charge is 0.0453 e. The highest BCUT2D eigenvalue weighted by Gasteiger charge is 2.17. The second kappa shape index (κ2) is 6.95. The summed E-state index contributed by atoms with van der Waals surface area (Å²) in [4.78, 5) is 3.11. The Labute approximate surface area is 136 Å². The lowest BCUT2D eigenvalue weighted by atomic mass is 10.0. The molecule has 21 heavy (non-hydrogen) atoms. The second-order valence-corrected chi connectivity index (χ2v) is 7.43. The van der Waals surface area contributed by atoms with Crippen LogP contribution in [0.25, 0.3) is 0 Å². The van der Waals surface area contributed by atoms with Crippen LogP contribution < -0.4 is 5.32 Å². The third kappa shape index (κ3) is 3.68. The molecule has 0 spiro atoms.